The van der Waals surface area contributed by atoms with Gasteiger partial charge in [-0.05, 0) is 36.9 Å². The third-order valence-corrected chi connectivity index (χ3v) is 3.51. The van der Waals surface area contributed by atoms with E-state index in [1.807, 2.05) is 24.3 Å². The van der Waals surface area contributed by atoms with Gasteiger partial charge in [0.05, 0.1) is 24.9 Å². The van der Waals surface area contributed by atoms with E-state index in [2.05, 4.69) is 5.32 Å². The van der Waals surface area contributed by atoms with E-state index in [9.17, 15) is 18.0 Å². The highest BCUT2D eigenvalue weighted by Crippen LogP contribution is 2.34. The van der Waals surface area contributed by atoms with Crippen molar-refractivity contribution < 1.29 is 22.7 Å². The van der Waals surface area contributed by atoms with Crippen LogP contribution in [0.3, 0.4) is 0 Å². The predicted molar refractivity (Wildman–Crippen MR) is 89.4 cm³/mol. The van der Waals surface area contributed by atoms with Gasteiger partial charge in [-0.15, -0.1) is 0 Å². The number of carbonyl (C=O) groups is 1. The fourth-order valence-electron chi connectivity index (χ4n) is 2.41. The maximum absolute atomic E-state index is 12.9. The van der Waals surface area contributed by atoms with Crippen molar-refractivity contribution in [1.82, 2.24) is 4.90 Å². The van der Waals surface area contributed by atoms with E-state index in [0.29, 0.717) is 12.3 Å². The first kappa shape index (κ1) is 18.8. The first-order chi connectivity index (χ1) is 11.8. The highest BCUT2D eigenvalue weighted by atomic mass is 19.4. The monoisotopic (exact) mass is 352 g/mol. The van der Waals surface area contributed by atoms with Crippen molar-refractivity contribution in [1.29, 1.82) is 0 Å². The minimum absolute atomic E-state index is 0.0383. The van der Waals surface area contributed by atoms with Gasteiger partial charge in [-0.2, -0.15) is 13.2 Å². The van der Waals surface area contributed by atoms with Crippen molar-refractivity contribution >= 4 is 11.6 Å². The Morgan fingerprint density at radius 3 is 2.56 bits per heavy atom. The molecule has 0 aromatic heterocycles. The number of benzene rings is 2. The number of nitrogens with zero attached hydrogens (tertiary/aromatic N) is 1. The molecule has 0 radical (unpaired) electrons. The van der Waals surface area contributed by atoms with Gasteiger partial charge in [0.2, 0.25) is 5.91 Å². The standard InChI is InChI=1S/C18H19F3N2O2/c1-23(11-13-6-5-7-14(10-13)25-2)12-17(24)22-16-9-4-3-8-15(16)18(19,20)21/h3-10H,11-12H2,1-2H3,(H,22,24). The Kier molecular flexibility index (Phi) is 6.03. The number of carbonyl (C=O) groups excluding carboxylic acids is 1. The van der Waals surface area contributed by atoms with Crippen LogP contribution in [-0.2, 0) is 17.5 Å². The lowest BCUT2D eigenvalue weighted by Gasteiger charge is -2.18. The zero-order valence-electron chi connectivity index (χ0n) is 13.9. The molecule has 0 fully saturated rings. The highest BCUT2D eigenvalue weighted by Gasteiger charge is 2.33. The lowest BCUT2D eigenvalue weighted by Crippen LogP contribution is -2.30. The Morgan fingerprint density at radius 2 is 1.88 bits per heavy atom. The molecule has 0 bridgehead atoms. The summed E-state index contributed by atoms with van der Waals surface area (Å²) in [6.07, 6.45) is -4.52. The molecule has 2 rings (SSSR count). The number of rotatable bonds is 6. The van der Waals surface area contributed by atoms with E-state index in [4.69, 9.17) is 4.74 Å². The maximum atomic E-state index is 12.9. The van der Waals surface area contributed by atoms with Gasteiger partial charge in [0, 0.05) is 6.54 Å². The second kappa shape index (κ2) is 8.02. The number of ether oxygens (including phenoxy) is 1. The summed E-state index contributed by atoms with van der Waals surface area (Å²) in [5.41, 5.74) is -0.168. The Labute approximate surface area is 144 Å². The number of amides is 1. The van der Waals surface area contributed by atoms with Gasteiger partial charge >= 0.3 is 6.18 Å². The Hall–Kier alpha value is -2.54. The molecule has 0 aliphatic heterocycles. The Bertz CT molecular complexity index is 732. The molecule has 1 N–H and O–H groups in total. The summed E-state index contributed by atoms with van der Waals surface area (Å²) < 4.78 is 44.0. The molecule has 0 heterocycles. The van der Waals surface area contributed by atoms with E-state index in [1.54, 1.807) is 19.1 Å². The van der Waals surface area contributed by atoms with Crippen molar-refractivity contribution in [2.24, 2.45) is 0 Å². The summed E-state index contributed by atoms with van der Waals surface area (Å²) in [7, 11) is 3.28. The van der Waals surface area contributed by atoms with Crippen molar-refractivity contribution in [3.8, 4) is 5.75 Å². The third kappa shape index (κ3) is 5.49. The van der Waals surface area contributed by atoms with Crippen LogP contribution < -0.4 is 10.1 Å². The fourth-order valence-corrected chi connectivity index (χ4v) is 2.41. The highest BCUT2D eigenvalue weighted by molar-refractivity contribution is 5.93. The van der Waals surface area contributed by atoms with Crippen LogP contribution in [-0.4, -0.2) is 31.5 Å². The molecule has 0 unspecified atom stereocenters. The molecule has 134 valence electrons. The van der Waals surface area contributed by atoms with E-state index in [-0.39, 0.29) is 12.2 Å². The van der Waals surface area contributed by atoms with E-state index in [1.165, 1.54) is 18.2 Å². The molecule has 2 aromatic rings. The van der Waals surface area contributed by atoms with Gasteiger partial charge in [0.15, 0.2) is 0 Å². The van der Waals surface area contributed by atoms with Crippen LogP contribution in [0.1, 0.15) is 11.1 Å². The molecule has 0 aliphatic carbocycles. The normalized spacial score (nSPS) is 11.4. The maximum Gasteiger partial charge on any atom is 0.418 e. The van der Waals surface area contributed by atoms with E-state index >= 15 is 0 Å². The van der Waals surface area contributed by atoms with Gasteiger partial charge in [0.1, 0.15) is 5.75 Å². The average molecular weight is 352 g/mol. The smallest absolute Gasteiger partial charge is 0.418 e. The van der Waals surface area contributed by atoms with Crippen LogP contribution in [0, 0.1) is 0 Å². The van der Waals surface area contributed by atoms with Crippen LogP contribution in [0.4, 0.5) is 18.9 Å². The lowest BCUT2D eigenvalue weighted by molar-refractivity contribution is -0.137. The van der Waals surface area contributed by atoms with Crippen molar-refractivity contribution in [3.05, 3.63) is 59.7 Å². The molecule has 7 heteroatoms. The van der Waals surface area contributed by atoms with E-state index in [0.717, 1.165) is 11.6 Å². The lowest BCUT2D eigenvalue weighted by atomic mass is 10.1. The second-order valence-corrected chi connectivity index (χ2v) is 5.62. The summed E-state index contributed by atoms with van der Waals surface area (Å²) >= 11 is 0. The minimum Gasteiger partial charge on any atom is -0.497 e. The molecule has 0 saturated heterocycles. The number of anilines is 1. The third-order valence-electron chi connectivity index (χ3n) is 3.51. The van der Waals surface area contributed by atoms with Crippen LogP contribution in [0.5, 0.6) is 5.75 Å². The average Bonchev–Trinajstić information content (AvgIpc) is 2.54. The Morgan fingerprint density at radius 1 is 1.16 bits per heavy atom. The van der Waals surface area contributed by atoms with Gasteiger partial charge in [-0.3, -0.25) is 9.69 Å². The van der Waals surface area contributed by atoms with Crippen molar-refractivity contribution in [2.45, 2.75) is 12.7 Å². The van der Waals surface area contributed by atoms with Gasteiger partial charge in [0.25, 0.3) is 0 Å². The molecular weight excluding hydrogens is 333 g/mol. The summed E-state index contributed by atoms with van der Waals surface area (Å²) in [6, 6.07) is 12.3. The number of hydrogen-bond donors (Lipinski definition) is 1. The molecule has 0 atom stereocenters. The molecule has 1 amide bonds. The molecular formula is C18H19F3N2O2. The summed E-state index contributed by atoms with van der Waals surface area (Å²) in [6.45, 7) is 0.426. The number of nitrogens with one attached hydrogen (secondary N) is 1. The fraction of sp³-hybridized carbons (Fsp3) is 0.278. The van der Waals surface area contributed by atoms with Crippen LogP contribution >= 0.6 is 0 Å². The molecule has 4 nitrogen and oxygen atoms in total. The summed E-state index contributed by atoms with van der Waals surface area (Å²) in [5.74, 6) is 0.191. The number of methoxy groups -OCH3 is 1. The minimum atomic E-state index is -4.52. The Balaban J connectivity index is 1.98. The van der Waals surface area contributed by atoms with Crippen molar-refractivity contribution in [3.63, 3.8) is 0 Å². The van der Waals surface area contributed by atoms with E-state index < -0.39 is 17.6 Å². The molecule has 2 aromatic carbocycles. The molecule has 0 spiro atoms. The molecule has 0 saturated carbocycles. The van der Waals surface area contributed by atoms with Crippen LogP contribution in [0.25, 0.3) is 0 Å². The molecule has 0 aliphatic rings. The van der Waals surface area contributed by atoms with Crippen LogP contribution in [0.15, 0.2) is 48.5 Å². The van der Waals surface area contributed by atoms with Gasteiger partial charge in [-0.25, -0.2) is 0 Å². The van der Waals surface area contributed by atoms with Gasteiger partial charge in [-0.1, -0.05) is 24.3 Å². The van der Waals surface area contributed by atoms with Crippen LogP contribution in [0.2, 0.25) is 0 Å². The molecule has 25 heavy (non-hydrogen) atoms. The summed E-state index contributed by atoms with van der Waals surface area (Å²) in [5, 5.41) is 2.33. The number of likely N-dealkylation sites (N-methyl/N-ethyl adjacent to an activating group) is 1. The first-order valence-electron chi connectivity index (χ1n) is 7.57. The predicted octanol–water partition coefficient (Wildman–Crippen LogP) is 3.78. The quantitative estimate of drug-likeness (QED) is 0.860. The number of para-hydroxylation sites is 1. The topological polar surface area (TPSA) is 41.6 Å². The van der Waals surface area contributed by atoms with Crippen molar-refractivity contribution in [2.75, 3.05) is 26.0 Å². The number of halogens is 3. The zero-order chi connectivity index (χ0) is 18.4. The SMILES string of the molecule is COc1cccc(CN(C)CC(=O)Nc2ccccc2C(F)(F)F)c1. The van der Waals surface area contributed by atoms with Gasteiger partial charge < -0.3 is 10.1 Å². The summed E-state index contributed by atoms with van der Waals surface area (Å²) in [4.78, 5) is 13.8. The number of alkyl halides is 3. The largest absolute Gasteiger partial charge is 0.497 e. The zero-order valence-corrected chi connectivity index (χ0v) is 13.9. The number of hydrogen-bond acceptors (Lipinski definition) is 3. The first-order valence-corrected chi connectivity index (χ1v) is 7.57. The second-order valence-electron chi connectivity index (χ2n) is 5.62.